The van der Waals surface area contributed by atoms with E-state index in [9.17, 15) is 4.79 Å². The summed E-state index contributed by atoms with van der Waals surface area (Å²) in [5.74, 6) is 0.248. The van der Waals surface area contributed by atoms with Gasteiger partial charge in [-0.3, -0.25) is 4.79 Å². The number of aryl methyl sites for hydroxylation is 4. The molecule has 0 unspecified atom stereocenters. The van der Waals surface area contributed by atoms with Gasteiger partial charge in [0.2, 0.25) is 5.91 Å². The molecule has 3 aromatic rings. The van der Waals surface area contributed by atoms with Gasteiger partial charge in [-0.1, -0.05) is 41.6 Å². The van der Waals surface area contributed by atoms with Crippen molar-refractivity contribution in [2.24, 2.45) is 0 Å². The molecule has 1 heterocycles. The minimum absolute atomic E-state index is 0.0491. The molecule has 0 aliphatic rings. The van der Waals surface area contributed by atoms with Gasteiger partial charge in [-0.2, -0.15) is 0 Å². The second-order valence-electron chi connectivity index (χ2n) is 6.71. The van der Waals surface area contributed by atoms with Crippen LogP contribution in [0.3, 0.4) is 0 Å². The summed E-state index contributed by atoms with van der Waals surface area (Å²) in [5.41, 5.74) is 7.47. The Hall–Kier alpha value is -2.66. The van der Waals surface area contributed by atoms with Crippen LogP contribution in [0.5, 0.6) is 0 Å². The molecule has 1 N–H and O–H groups in total. The minimum atomic E-state index is -0.0491. The average Bonchev–Trinajstić information content (AvgIpc) is 2.65. The van der Waals surface area contributed by atoms with E-state index in [1.165, 1.54) is 28.5 Å². The van der Waals surface area contributed by atoms with Crippen LogP contribution in [0.25, 0.3) is 11.3 Å². The minimum Gasteiger partial charge on any atom is -0.325 e. The summed E-state index contributed by atoms with van der Waals surface area (Å²) in [4.78, 5) is 12.2. The number of nitrogens with one attached hydrogen (secondary N) is 1. The number of aromatic nitrogens is 2. The summed E-state index contributed by atoms with van der Waals surface area (Å²) < 4.78 is 0. The van der Waals surface area contributed by atoms with Crippen LogP contribution in [0.2, 0.25) is 0 Å². The van der Waals surface area contributed by atoms with Crippen molar-refractivity contribution in [3.05, 3.63) is 70.8 Å². The van der Waals surface area contributed by atoms with Crippen LogP contribution < -0.4 is 5.32 Å². The van der Waals surface area contributed by atoms with Gasteiger partial charge >= 0.3 is 0 Å². The molecule has 0 fully saturated rings. The Balaban J connectivity index is 1.59. The number of benzene rings is 2. The van der Waals surface area contributed by atoms with Gasteiger partial charge in [0.1, 0.15) is 5.03 Å². The zero-order valence-corrected chi connectivity index (χ0v) is 16.9. The Kier molecular flexibility index (Phi) is 5.91. The number of carbonyl (C=O) groups is 1. The van der Waals surface area contributed by atoms with E-state index in [4.69, 9.17) is 0 Å². The summed E-state index contributed by atoms with van der Waals surface area (Å²) in [5, 5.41) is 12.2. The Labute approximate surface area is 164 Å². The molecule has 27 heavy (non-hydrogen) atoms. The maximum Gasteiger partial charge on any atom is 0.234 e. The maximum atomic E-state index is 12.2. The molecular weight excluding hydrogens is 354 g/mol. The lowest BCUT2D eigenvalue weighted by molar-refractivity contribution is -0.113. The van der Waals surface area contributed by atoms with Gasteiger partial charge in [-0.05, 0) is 68.7 Å². The molecule has 1 amide bonds. The van der Waals surface area contributed by atoms with Crippen molar-refractivity contribution in [2.75, 3.05) is 11.1 Å². The second kappa shape index (κ2) is 8.35. The lowest BCUT2D eigenvalue weighted by atomic mass is 10.0. The lowest BCUT2D eigenvalue weighted by Crippen LogP contribution is -2.15. The predicted molar refractivity (Wildman–Crippen MR) is 112 cm³/mol. The van der Waals surface area contributed by atoms with Crippen molar-refractivity contribution in [3.8, 4) is 11.3 Å². The average molecular weight is 378 g/mol. The van der Waals surface area contributed by atoms with Gasteiger partial charge in [-0.25, -0.2) is 0 Å². The van der Waals surface area contributed by atoms with Gasteiger partial charge in [0.25, 0.3) is 0 Å². The number of rotatable bonds is 5. The molecule has 3 rings (SSSR count). The summed E-state index contributed by atoms with van der Waals surface area (Å²) in [7, 11) is 0. The molecular formula is C22H23N3OS. The zero-order valence-electron chi connectivity index (χ0n) is 16.0. The van der Waals surface area contributed by atoms with Crippen LogP contribution in [0.15, 0.2) is 53.6 Å². The molecule has 0 atom stereocenters. The first-order valence-corrected chi connectivity index (χ1v) is 9.82. The van der Waals surface area contributed by atoms with E-state index in [1.54, 1.807) is 0 Å². The molecule has 138 valence electrons. The number of carbonyl (C=O) groups excluding carboxylic acids is 1. The van der Waals surface area contributed by atoms with E-state index in [1.807, 2.05) is 38.1 Å². The molecule has 1 aromatic heterocycles. The first-order valence-electron chi connectivity index (χ1n) is 8.83. The first-order chi connectivity index (χ1) is 12.9. The van der Waals surface area contributed by atoms with E-state index in [0.717, 1.165) is 27.5 Å². The van der Waals surface area contributed by atoms with Crippen LogP contribution >= 0.6 is 11.8 Å². The fourth-order valence-corrected chi connectivity index (χ4v) is 3.35. The fraction of sp³-hybridized carbons (Fsp3) is 0.227. The molecule has 0 spiro atoms. The van der Waals surface area contributed by atoms with Crippen molar-refractivity contribution in [1.82, 2.24) is 10.2 Å². The molecule has 5 heteroatoms. The number of amides is 1. The van der Waals surface area contributed by atoms with E-state index in [-0.39, 0.29) is 5.91 Å². The zero-order chi connectivity index (χ0) is 19.4. The van der Waals surface area contributed by atoms with Crippen molar-refractivity contribution >= 4 is 23.4 Å². The second-order valence-corrected chi connectivity index (χ2v) is 7.71. The highest BCUT2D eigenvalue weighted by Crippen LogP contribution is 2.22. The van der Waals surface area contributed by atoms with Gasteiger partial charge < -0.3 is 5.32 Å². The van der Waals surface area contributed by atoms with E-state index >= 15 is 0 Å². The van der Waals surface area contributed by atoms with Crippen LogP contribution in [0.4, 0.5) is 5.69 Å². The third-order valence-electron chi connectivity index (χ3n) is 4.45. The Morgan fingerprint density at radius 3 is 2.37 bits per heavy atom. The quantitative estimate of drug-likeness (QED) is 0.628. The number of nitrogens with zero attached hydrogens (tertiary/aromatic N) is 2. The summed E-state index contributed by atoms with van der Waals surface area (Å²) in [6.45, 7) is 8.21. The molecule has 4 nitrogen and oxygen atoms in total. The Bertz CT molecular complexity index is 968. The van der Waals surface area contributed by atoms with Crippen LogP contribution in [-0.2, 0) is 4.79 Å². The largest absolute Gasteiger partial charge is 0.325 e. The van der Waals surface area contributed by atoms with Crippen LogP contribution in [0.1, 0.15) is 22.3 Å². The standard InChI is InChI=1S/C22H23N3OS/c1-14-5-8-19(17(4)11-14)23-21(26)13-27-22-10-9-20(24-25-22)18-7-6-15(2)16(3)12-18/h5-12H,13H2,1-4H3,(H,23,26). The molecule has 0 saturated carbocycles. The molecule has 0 bridgehead atoms. The number of hydrogen-bond donors (Lipinski definition) is 1. The van der Waals surface area contributed by atoms with E-state index < -0.39 is 0 Å². The van der Waals surface area contributed by atoms with Gasteiger partial charge in [0, 0.05) is 11.3 Å². The van der Waals surface area contributed by atoms with Gasteiger partial charge in [-0.15, -0.1) is 10.2 Å². The Morgan fingerprint density at radius 2 is 1.70 bits per heavy atom. The molecule has 0 aliphatic carbocycles. The molecule has 0 saturated heterocycles. The smallest absolute Gasteiger partial charge is 0.234 e. The van der Waals surface area contributed by atoms with Crippen molar-refractivity contribution in [2.45, 2.75) is 32.7 Å². The molecule has 2 aromatic carbocycles. The SMILES string of the molecule is Cc1ccc(NC(=O)CSc2ccc(-c3ccc(C)c(C)c3)nn2)c(C)c1. The third kappa shape index (κ3) is 4.95. The van der Waals surface area contributed by atoms with Crippen molar-refractivity contribution < 1.29 is 4.79 Å². The monoisotopic (exact) mass is 377 g/mol. The maximum absolute atomic E-state index is 12.2. The fourth-order valence-electron chi connectivity index (χ4n) is 2.73. The number of hydrogen-bond acceptors (Lipinski definition) is 4. The van der Waals surface area contributed by atoms with Gasteiger partial charge in [0.05, 0.1) is 11.4 Å². The van der Waals surface area contributed by atoms with Crippen LogP contribution in [0, 0.1) is 27.7 Å². The normalized spacial score (nSPS) is 10.7. The topological polar surface area (TPSA) is 54.9 Å². The summed E-state index contributed by atoms with van der Waals surface area (Å²) >= 11 is 1.38. The van der Waals surface area contributed by atoms with E-state index in [2.05, 4.69) is 53.6 Å². The lowest BCUT2D eigenvalue weighted by Gasteiger charge is -2.09. The highest BCUT2D eigenvalue weighted by atomic mass is 32.2. The molecule has 0 aliphatic heterocycles. The predicted octanol–water partition coefficient (Wildman–Crippen LogP) is 5.11. The van der Waals surface area contributed by atoms with Crippen LogP contribution in [-0.4, -0.2) is 21.9 Å². The van der Waals surface area contributed by atoms with Crippen molar-refractivity contribution in [3.63, 3.8) is 0 Å². The molecule has 0 radical (unpaired) electrons. The van der Waals surface area contributed by atoms with Crippen molar-refractivity contribution in [1.29, 1.82) is 0 Å². The number of thioether (sulfide) groups is 1. The summed E-state index contributed by atoms with van der Waals surface area (Å²) in [6.07, 6.45) is 0. The van der Waals surface area contributed by atoms with Gasteiger partial charge in [0.15, 0.2) is 0 Å². The van der Waals surface area contributed by atoms with E-state index in [0.29, 0.717) is 5.75 Å². The third-order valence-corrected chi connectivity index (χ3v) is 5.37. The first kappa shape index (κ1) is 19.1. The highest BCUT2D eigenvalue weighted by Gasteiger charge is 2.08. The Morgan fingerprint density at radius 1 is 0.889 bits per heavy atom. The highest BCUT2D eigenvalue weighted by molar-refractivity contribution is 7.99. The summed E-state index contributed by atoms with van der Waals surface area (Å²) in [6, 6.07) is 16.1. The number of anilines is 1.